The van der Waals surface area contributed by atoms with Crippen molar-refractivity contribution in [3.8, 4) is 0 Å². The molecule has 17 heavy (non-hydrogen) atoms. The van der Waals surface area contributed by atoms with Crippen LogP contribution < -0.4 is 5.32 Å². The van der Waals surface area contributed by atoms with E-state index in [4.69, 9.17) is 4.74 Å². The van der Waals surface area contributed by atoms with Gasteiger partial charge in [0.05, 0.1) is 13.0 Å². The van der Waals surface area contributed by atoms with E-state index in [2.05, 4.69) is 10.1 Å². The molecule has 0 aromatic rings. The quantitative estimate of drug-likeness (QED) is 0.729. The summed E-state index contributed by atoms with van der Waals surface area (Å²) in [4.78, 5) is 23.1. The molecule has 0 unspecified atom stereocenters. The van der Waals surface area contributed by atoms with Crippen LogP contribution >= 0.6 is 0 Å². The molecule has 0 saturated carbocycles. The first kappa shape index (κ1) is 14.0. The summed E-state index contributed by atoms with van der Waals surface area (Å²) < 4.78 is 9.95. The number of methoxy groups -OCH3 is 1. The lowest BCUT2D eigenvalue weighted by Crippen LogP contribution is -2.47. The minimum atomic E-state index is -0.462. The predicted octanol–water partition coefficient (Wildman–Crippen LogP) is 0.869. The second kappa shape index (κ2) is 5.49. The molecule has 0 aromatic heterocycles. The Balaban J connectivity index is 2.42. The molecular weight excluding hydrogens is 222 g/mol. The molecule has 1 saturated heterocycles. The standard InChI is InChI=1S/C12H21NO4/c1-12(2,3)17-10(14)8-5-6-9(13-7-8)11(15)16-4/h8-9,13H,5-7H2,1-4H3/t8-,9-/m0/s1. The molecule has 1 rings (SSSR count). The fraction of sp³-hybridized carbons (Fsp3) is 0.833. The molecule has 1 aliphatic rings. The van der Waals surface area contributed by atoms with Crippen molar-refractivity contribution in [3.05, 3.63) is 0 Å². The molecular formula is C12H21NO4. The molecule has 0 spiro atoms. The molecule has 1 fully saturated rings. The molecule has 1 N–H and O–H groups in total. The van der Waals surface area contributed by atoms with Crippen molar-refractivity contribution in [2.75, 3.05) is 13.7 Å². The van der Waals surface area contributed by atoms with Crippen molar-refractivity contribution in [2.45, 2.75) is 45.3 Å². The third kappa shape index (κ3) is 4.34. The number of nitrogens with one attached hydrogen (secondary N) is 1. The Morgan fingerprint density at radius 3 is 2.24 bits per heavy atom. The van der Waals surface area contributed by atoms with Crippen LogP contribution in [-0.2, 0) is 19.1 Å². The van der Waals surface area contributed by atoms with Gasteiger partial charge in [0, 0.05) is 6.54 Å². The molecule has 0 aliphatic carbocycles. The van der Waals surface area contributed by atoms with Gasteiger partial charge in [0.15, 0.2) is 0 Å². The van der Waals surface area contributed by atoms with Gasteiger partial charge in [-0.15, -0.1) is 0 Å². The summed E-state index contributed by atoms with van der Waals surface area (Å²) in [5, 5.41) is 3.01. The third-order valence-corrected chi connectivity index (χ3v) is 2.64. The number of piperidine rings is 1. The smallest absolute Gasteiger partial charge is 0.322 e. The molecule has 5 nitrogen and oxygen atoms in total. The first-order chi connectivity index (χ1) is 7.83. The van der Waals surface area contributed by atoms with Crippen molar-refractivity contribution >= 4 is 11.9 Å². The van der Waals surface area contributed by atoms with Crippen LogP contribution in [0.25, 0.3) is 0 Å². The molecule has 0 aromatic carbocycles. The summed E-state index contributed by atoms with van der Waals surface area (Å²) >= 11 is 0. The van der Waals surface area contributed by atoms with Crippen LogP contribution in [0.2, 0.25) is 0 Å². The molecule has 0 bridgehead atoms. The zero-order chi connectivity index (χ0) is 13.1. The molecule has 1 aliphatic heterocycles. The monoisotopic (exact) mass is 243 g/mol. The Morgan fingerprint density at radius 1 is 1.18 bits per heavy atom. The second-order valence-corrected chi connectivity index (χ2v) is 5.29. The summed E-state index contributed by atoms with van der Waals surface area (Å²) in [6.07, 6.45) is 1.26. The van der Waals surface area contributed by atoms with Gasteiger partial charge in [-0.05, 0) is 33.6 Å². The van der Waals surface area contributed by atoms with Crippen molar-refractivity contribution in [2.24, 2.45) is 5.92 Å². The minimum absolute atomic E-state index is 0.171. The van der Waals surface area contributed by atoms with Crippen molar-refractivity contribution < 1.29 is 19.1 Å². The highest BCUT2D eigenvalue weighted by Gasteiger charge is 2.32. The van der Waals surface area contributed by atoms with Crippen LogP contribution in [0.15, 0.2) is 0 Å². The average Bonchev–Trinajstić information content (AvgIpc) is 2.26. The van der Waals surface area contributed by atoms with Crippen molar-refractivity contribution in [3.63, 3.8) is 0 Å². The lowest BCUT2D eigenvalue weighted by atomic mass is 9.94. The van der Waals surface area contributed by atoms with Crippen LogP contribution in [0, 0.1) is 5.92 Å². The number of esters is 2. The zero-order valence-corrected chi connectivity index (χ0v) is 10.9. The number of carbonyl (C=O) groups excluding carboxylic acids is 2. The Kier molecular flexibility index (Phi) is 4.51. The van der Waals surface area contributed by atoms with Crippen LogP contribution in [0.3, 0.4) is 0 Å². The first-order valence-electron chi connectivity index (χ1n) is 5.87. The lowest BCUT2D eigenvalue weighted by Gasteiger charge is -2.29. The number of hydrogen-bond acceptors (Lipinski definition) is 5. The molecule has 1 heterocycles. The SMILES string of the molecule is COC(=O)[C@@H]1CC[C@H](C(=O)OC(C)(C)C)CN1. The normalized spacial score (nSPS) is 25.2. The van der Waals surface area contributed by atoms with E-state index in [9.17, 15) is 9.59 Å². The topological polar surface area (TPSA) is 64.6 Å². The molecule has 2 atom stereocenters. The van der Waals surface area contributed by atoms with E-state index in [1.54, 1.807) is 0 Å². The van der Waals surface area contributed by atoms with E-state index in [1.807, 2.05) is 20.8 Å². The Bertz CT molecular complexity index is 287. The van der Waals surface area contributed by atoms with Gasteiger partial charge >= 0.3 is 11.9 Å². The van der Waals surface area contributed by atoms with E-state index in [0.717, 1.165) is 0 Å². The maximum absolute atomic E-state index is 11.8. The molecule has 0 radical (unpaired) electrons. The highest BCUT2D eigenvalue weighted by molar-refractivity contribution is 5.77. The summed E-state index contributed by atoms with van der Waals surface area (Å²) in [6, 6.07) is -0.293. The lowest BCUT2D eigenvalue weighted by molar-refractivity contribution is -0.161. The van der Waals surface area contributed by atoms with Crippen LogP contribution in [0.5, 0.6) is 0 Å². The number of ether oxygens (including phenoxy) is 2. The van der Waals surface area contributed by atoms with Gasteiger partial charge < -0.3 is 14.8 Å². The van der Waals surface area contributed by atoms with E-state index in [0.29, 0.717) is 19.4 Å². The predicted molar refractivity (Wildman–Crippen MR) is 62.4 cm³/mol. The van der Waals surface area contributed by atoms with Crippen molar-refractivity contribution in [1.29, 1.82) is 0 Å². The second-order valence-electron chi connectivity index (χ2n) is 5.29. The maximum Gasteiger partial charge on any atom is 0.322 e. The fourth-order valence-electron chi connectivity index (χ4n) is 1.79. The highest BCUT2D eigenvalue weighted by atomic mass is 16.6. The number of hydrogen-bond donors (Lipinski definition) is 1. The molecule has 5 heteroatoms. The fourth-order valence-corrected chi connectivity index (χ4v) is 1.79. The van der Waals surface area contributed by atoms with E-state index in [1.165, 1.54) is 7.11 Å². The highest BCUT2D eigenvalue weighted by Crippen LogP contribution is 2.19. The largest absolute Gasteiger partial charge is 0.468 e. The Labute approximate surface area is 102 Å². The number of carbonyl (C=O) groups is 2. The van der Waals surface area contributed by atoms with Crippen LogP contribution in [0.1, 0.15) is 33.6 Å². The zero-order valence-electron chi connectivity index (χ0n) is 10.9. The first-order valence-corrected chi connectivity index (χ1v) is 5.87. The molecule has 0 amide bonds. The summed E-state index contributed by atoms with van der Waals surface area (Å²) in [5.74, 6) is -0.643. The van der Waals surface area contributed by atoms with Gasteiger partial charge in [-0.25, -0.2) is 0 Å². The van der Waals surface area contributed by atoms with E-state index < -0.39 is 5.60 Å². The number of rotatable bonds is 2. The third-order valence-electron chi connectivity index (χ3n) is 2.64. The van der Waals surface area contributed by atoms with Crippen molar-refractivity contribution in [1.82, 2.24) is 5.32 Å². The Morgan fingerprint density at radius 2 is 1.82 bits per heavy atom. The van der Waals surface area contributed by atoms with Gasteiger partial charge in [0.1, 0.15) is 11.6 Å². The maximum atomic E-state index is 11.8. The average molecular weight is 243 g/mol. The van der Waals surface area contributed by atoms with Gasteiger partial charge in [0.25, 0.3) is 0 Å². The Hall–Kier alpha value is -1.10. The minimum Gasteiger partial charge on any atom is -0.468 e. The van der Waals surface area contributed by atoms with Gasteiger partial charge in [-0.2, -0.15) is 0 Å². The molecule has 98 valence electrons. The summed E-state index contributed by atoms with van der Waals surface area (Å²) in [5.41, 5.74) is -0.462. The van der Waals surface area contributed by atoms with E-state index in [-0.39, 0.29) is 23.9 Å². The summed E-state index contributed by atoms with van der Waals surface area (Å²) in [7, 11) is 1.37. The van der Waals surface area contributed by atoms with Gasteiger partial charge in [-0.1, -0.05) is 0 Å². The van der Waals surface area contributed by atoms with Crippen LogP contribution in [-0.4, -0.2) is 37.2 Å². The summed E-state index contributed by atoms with van der Waals surface area (Å²) in [6.45, 7) is 6.00. The van der Waals surface area contributed by atoms with Gasteiger partial charge in [-0.3, -0.25) is 9.59 Å². The van der Waals surface area contributed by atoms with E-state index >= 15 is 0 Å². The van der Waals surface area contributed by atoms with Crippen LogP contribution in [0.4, 0.5) is 0 Å². The van der Waals surface area contributed by atoms with Gasteiger partial charge in [0.2, 0.25) is 0 Å².